The maximum absolute atomic E-state index is 12.6. The SMILES string of the molecule is O=C1C=C(OC(=O)c2ccc(Br)c(OCC3CC(c4ccccc4)=NO3)c2Br)CCC1. The van der Waals surface area contributed by atoms with Crippen LogP contribution in [0.15, 0.2) is 68.4 Å². The average molecular weight is 549 g/mol. The molecule has 0 N–H and O–H groups in total. The first-order valence-corrected chi connectivity index (χ1v) is 11.4. The Morgan fingerprint density at radius 1 is 1.13 bits per heavy atom. The monoisotopic (exact) mass is 547 g/mol. The molecule has 0 radical (unpaired) electrons. The first-order valence-electron chi connectivity index (χ1n) is 9.86. The molecule has 0 fully saturated rings. The molecule has 2 aromatic carbocycles. The summed E-state index contributed by atoms with van der Waals surface area (Å²) in [6.07, 6.45) is 3.53. The third kappa shape index (κ3) is 5.25. The van der Waals surface area contributed by atoms with Crippen LogP contribution in [0.2, 0.25) is 0 Å². The summed E-state index contributed by atoms with van der Waals surface area (Å²) in [5.74, 6) is 0.294. The topological polar surface area (TPSA) is 74.2 Å². The Kier molecular flexibility index (Phi) is 6.87. The highest BCUT2D eigenvalue weighted by atomic mass is 79.9. The number of carbonyl (C=O) groups is 2. The molecule has 1 heterocycles. The summed E-state index contributed by atoms with van der Waals surface area (Å²) in [5, 5.41) is 4.17. The van der Waals surface area contributed by atoms with E-state index in [0.717, 1.165) is 11.3 Å². The minimum Gasteiger partial charge on any atom is -0.487 e. The van der Waals surface area contributed by atoms with Crippen LogP contribution in [0.3, 0.4) is 0 Å². The Hall–Kier alpha value is -2.45. The average Bonchev–Trinajstić information content (AvgIpc) is 3.23. The Morgan fingerprint density at radius 3 is 2.71 bits per heavy atom. The van der Waals surface area contributed by atoms with Gasteiger partial charge in [-0.25, -0.2) is 4.79 Å². The van der Waals surface area contributed by atoms with Crippen molar-refractivity contribution < 1.29 is 23.9 Å². The first kappa shape index (κ1) is 21.8. The van der Waals surface area contributed by atoms with Crippen LogP contribution >= 0.6 is 31.9 Å². The predicted molar refractivity (Wildman–Crippen MR) is 122 cm³/mol. The van der Waals surface area contributed by atoms with E-state index in [9.17, 15) is 9.59 Å². The van der Waals surface area contributed by atoms with Crippen LogP contribution in [0.25, 0.3) is 0 Å². The fourth-order valence-electron chi connectivity index (χ4n) is 3.33. The molecule has 0 saturated heterocycles. The Morgan fingerprint density at radius 2 is 1.94 bits per heavy atom. The second-order valence-electron chi connectivity index (χ2n) is 7.20. The van der Waals surface area contributed by atoms with Gasteiger partial charge in [0.15, 0.2) is 11.9 Å². The molecule has 2 aromatic rings. The largest absolute Gasteiger partial charge is 0.487 e. The highest BCUT2D eigenvalue weighted by molar-refractivity contribution is 9.11. The molecular weight excluding hydrogens is 530 g/mol. The molecule has 1 unspecified atom stereocenters. The second kappa shape index (κ2) is 9.78. The summed E-state index contributed by atoms with van der Waals surface area (Å²) in [4.78, 5) is 29.7. The van der Waals surface area contributed by atoms with Crippen molar-refractivity contribution in [1.82, 2.24) is 0 Å². The molecule has 6 nitrogen and oxygen atoms in total. The summed E-state index contributed by atoms with van der Waals surface area (Å²) in [7, 11) is 0. The molecule has 0 aromatic heterocycles. The quantitative estimate of drug-likeness (QED) is 0.441. The number of halogens is 2. The zero-order valence-electron chi connectivity index (χ0n) is 16.5. The summed E-state index contributed by atoms with van der Waals surface area (Å²) in [6, 6.07) is 13.2. The van der Waals surface area contributed by atoms with Gasteiger partial charge in [-0.3, -0.25) is 4.79 Å². The van der Waals surface area contributed by atoms with Crippen molar-refractivity contribution in [2.75, 3.05) is 6.61 Å². The Balaban J connectivity index is 1.41. The summed E-state index contributed by atoms with van der Waals surface area (Å²) < 4.78 is 12.5. The van der Waals surface area contributed by atoms with E-state index in [1.165, 1.54) is 6.08 Å². The number of ketones is 1. The fourth-order valence-corrected chi connectivity index (χ4v) is 4.67. The molecule has 4 rings (SSSR count). The molecule has 0 saturated carbocycles. The first-order chi connectivity index (χ1) is 15.0. The number of nitrogens with zero attached hydrogens (tertiary/aromatic N) is 1. The van der Waals surface area contributed by atoms with Crippen molar-refractivity contribution in [3.05, 3.63) is 74.4 Å². The van der Waals surface area contributed by atoms with Crippen molar-refractivity contribution >= 4 is 49.3 Å². The van der Waals surface area contributed by atoms with Gasteiger partial charge in [0.2, 0.25) is 0 Å². The van der Waals surface area contributed by atoms with Crippen LogP contribution in [0.1, 0.15) is 41.6 Å². The number of benzene rings is 2. The number of carbonyl (C=O) groups excluding carboxylic acids is 2. The van der Waals surface area contributed by atoms with Crippen molar-refractivity contribution in [3.63, 3.8) is 0 Å². The third-order valence-electron chi connectivity index (χ3n) is 4.91. The van der Waals surface area contributed by atoms with Crippen molar-refractivity contribution in [2.45, 2.75) is 31.8 Å². The van der Waals surface area contributed by atoms with Crippen molar-refractivity contribution in [3.8, 4) is 5.75 Å². The molecule has 2 aliphatic rings. The van der Waals surface area contributed by atoms with Crippen LogP contribution in [-0.2, 0) is 14.4 Å². The third-order valence-corrected chi connectivity index (χ3v) is 6.33. The molecule has 160 valence electrons. The molecule has 0 bridgehead atoms. The summed E-state index contributed by atoms with van der Waals surface area (Å²) >= 11 is 6.92. The molecule has 1 aliphatic heterocycles. The lowest BCUT2D eigenvalue weighted by atomic mass is 10.1. The van der Waals surface area contributed by atoms with E-state index in [-0.39, 0.29) is 18.5 Å². The zero-order valence-corrected chi connectivity index (χ0v) is 19.6. The molecular formula is C23H19Br2NO5. The molecule has 0 amide bonds. The van der Waals surface area contributed by atoms with Crippen LogP contribution < -0.4 is 4.74 Å². The lowest BCUT2D eigenvalue weighted by Crippen LogP contribution is -2.19. The molecule has 8 heteroatoms. The van der Waals surface area contributed by atoms with Gasteiger partial charge in [0.05, 0.1) is 20.2 Å². The van der Waals surface area contributed by atoms with Gasteiger partial charge < -0.3 is 14.3 Å². The van der Waals surface area contributed by atoms with Gasteiger partial charge >= 0.3 is 5.97 Å². The van der Waals surface area contributed by atoms with E-state index in [1.54, 1.807) is 12.1 Å². The van der Waals surface area contributed by atoms with Gasteiger partial charge in [0.25, 0.3) is 0 Å². The van der Waals surface area contributed by atoms with E-state index in [1.807, 2.05) is 30.3 Å². The number of ether oxygens (including phenoxy) is 2. The number of hydrogen-bond donors (Lipinski definition) is 0. The maximum atomic E-state index is 12.6. The highest BCUT2D eigenvalue weighted by Crippen LogP contribution is 2.37. The van der Waals surface area contributed by atoms with E-state index in [4.69, 9.17) is 14.3 Å². The molecule has 31 heavy (non-hydrogen) atoms. The molecule has 1 aliphatic carbocycles. The van der Waals surface area contributed by atoms with Crippen molar-refractivity contribution in [1.29, 1.82) is 0 Å². The van der Waals surface area contributed by atoms with Gasteiger partial charge in [-0.1, -0.05) is 35.5 Å². The van der Waals surface area contributed by atoms with Gasteiger partial charge in [-0.05, 0) is 56.0 Å². The number of esters is 1. The lowest BCUT2D eigenvalue weighted by Gasteiger charge is -2.16. The van der Waals surface area contributed by atoms with Gasteiger partial charge in [-0.2, -0.15) is 0 Å². The van der Waals surface area contributed by atoms with Crippen molar-refractivity contribution in [2.24, 2.45) is 5.16 Å². The van der Waals surface area contributed by atoms with Crippen LogP contribution in [-0.4, -0.2) is 30.2 Å². The van der Waals surface area contributed by atoms with Crippen LogP contribution in [0.5, 0.6) is 5.75 Å². The molecule has 0 spiro atoms. The number of allylic oxidation sites excluding steroid dienone is 2. The van der Waals surface area contributed by atoms with Gasteiger partial charge in [-0.15, -0.1) is 0 Å². The maximum Gasteiger partial charge on any atom is 0.344 e. The Labute approximate surface area is 196 Å². The minimum atomic E-state index is -0.544. The second-order valence-corrected chi connectivity index (χ2v) is 8.85. The minimum absolute atomic E-state index is 0.0263. The number of rotatable bonds is 6. The van der Waals surface area contributed by atoms with Crippen LogP contribution in [0.4, 0.5) is 0 Å². The van der Waals surface area contributed by atoms with Gasteiger partial charge in [0, 0.05) is 25.3 Å². The smallest absolute Gasteiger partial charge is 0.344 e. The Bertz CT molecular complexity index is 1070. The predicted octanol–water partition coefficient (Wildman–Crippen LogP) is 5.58. The van der Waals surface area contributed by atoms with E-state index < -0.39 is 5.97 Å². The van der Waals surface area contributed by atoms with Gasteiger partial charge in [0.1, 0.15) is 18.1 Å². The van der Waals surface area contributed by atoms with E-state index in [2.05, 4.69) is 37.0 Å². The summed E-state index contributed by atoms with van der Waals surface area (Å²) in [5.41, 5.74) is 2.21. The van der Waals surface area contributed by atoms with E-state index in [0.29, 0.717) is 51.7 Å². The summed E-state index contributed by atoms with van der Waals surface area (Å²) in [6.45, 7) is 0.259. The number of hydrogen-bond acceptors (Lipinski definition) is 6. The number of oxime groups is 1. The molecule has 1 atom stereocenters. The lowest BCUT2D eigenvalue weighted by molar-refractivity contribution is -0.115. The zero-order chi connectivity index (χ0) is 21.8. The fraction of sp³-hybridized carbons (Fsp3) is 0.261. The van der Waals surface area contributed by atoms with Crippen LogP contribution in [0, 0.1) is 0 Å². The normalized spacial score (nSPS) is 18.1. The highest BCUT2D eigenvalue weighted by Gasteiger charge is 2.25. The van der Waals surface area contributed by atoms with E-state index >= 15 is 0 Å². The standard InChI is InChI=1S/C23H19Br2NO5/c24-19-10-9-18(23(28)30-16-8-4-7-15(27)11-16)21(25)22(19)29-13-17-12-20(26-31-17)14-5-2-1-3-6-14/h1-3,5-6,9-11,17H,4,7-8,12-13H2.